The van der Waals surface area contributed by atoms with Crippen molar-refractivity contribution in [2.24, 2.45) is 11.8 Å². The molecule has 7 heteroatoms. The van der Waals surface area contributed by atoms with Crippen LogP contribution in [0, 0.1) is 22.0 Å². The molecule has 7 nitrogen and oxygen atoms in total. The number of benzene rings is 2. The van der Waals surface area contributed by atoms with Crippen molar-refractivity contribution in [1.82, 2.24) is 4.90 Å². The quantitative estimate of drug-likeness (QED) is 0.276. The van der Waals surface area contributed by atoms with Crippen molar-refractivity contribution in [1.29, 1.82) is 0 Å². The molecule has 1 atom stereocenters. The first-order valence-electron chi connectivity index (χ1n) is 12.4. The minimum Gasteiger partial charge on any atom is -0.492 e. The van der Waals surface area contributed by atoms with Crippen LogP contribution in [-0.4, -0.2) is 48.8 Å². The van der Waals surface area contributed by atoms with E-state index in [1.54, 1.807) is 12.1 Å². The highest BCUT2D eigenvalue weighted by Gasteiger charge is 2.26. The molecule has 0 N–H and O–H groups in total. The molecule has 1 aliphatic carbocycles. The molecule has 0 radical (unpaired) electrons. The van der Waals surface area contributed by atoms with Crippen molar-refractivity contribution in [3.05, 3.63) is 105 Å². The van der Waals surface area contributed by atoms with E-state index < -0.39 is 5.92 Å². The van der Waals surface area contributed by atoms with Crippen LogP contribution in [0.25, 0.3) is 0 Å². The summed E-state index contributed by atoms with van der Waals surface area (Å²) in [5.41, 5.74) is 4.33. The van der Waals surface area contributed by atoms with E-state index in [0.717, 1.165) is 54.9 Å². The number of carbonyl (C=O) groups excluding carboxylic acids is 1. The third-order valence-corrected chi connectivity index (χ3v) is 6.76. The van der Waals surface area contributed by atoms with Crippen LogP contribution in [0.3, 0.4) is 0 Å². The maximum Gasteiger partial charge on any atom is 0.269 e. The van der Waals surface area contributed by atoms with Gasteiger partial charge in [0.05, 0.1) is 10.8 Å². The Kier molecular flexibility index (Phi) is 8.33. The number of carbonyl (C=O) groups is 1. The number of piperazine rings is 1. The lowest BCUT2D eigenvalue weighted by molar-refractivity contribution is -0.384. The van der Waals surface area contributed by atoms with Gasteiger partial charge in [-0.1, -0.05) is 56.3 Å². The summed E-state index contributed by atoms with van der Waals surface area (Å²) >= 11 is 0. The zero-order valence-corrected chi connectivity index (χ0v) is 20.9. The van der Waals surface area contributed by atoms with Crippen molar-refractivity contribution >= 4 is 17.7 Å². The summed E-state index contributed by atoms with van der Waals surface area (Å²) in [6.07, 6.45) is 7.23. The SMILES string of the molecule is CC(C)C1=CC=C(CN2CCN(c3ccc([N+](=O)[O-])cc3)CC2)C(C=O)C(OCc2ccccc2)=C1. The number of aldehydes is 1. The van der Waals surface area contributed by atoms with Crippen LogP contribution in [0.4, 0.5) is 11.4 Å². The topological polar surface area (TPSA) is 75.9 Å². The van der Waals surface area contributed by atoms with Crippen molar-refractivity contribution in [2.75, 3.05) is 37.6 Å². The summed E-state index contributed by atoms with van der Waals surface area (Å²) in [6.45, 7) is 8.70. The Balaban J connectivity index is 1.43. The number of ether oxygens (including phenoxy) is 1. The highest BCUT2D eigenvalue weighted by molar-refractivity contribution is 5.65. The standard InChI is InChI=1S/C29H33N3O4/c1-22(2)24-8-9-25(28(20-33)29(18-24)36-21-23-6-4-3-5-7-23)19-30-14-16-31(17-15-30)26-10-12-27(13-11-26)32(34)35/h3-13,18,20,22,28H,14-17,19,21H2,1-2H3. The fourth-order valence-electron chi connectivity index (χ4n) is 4.54. The molecule has 0 amide bonds. The molecule has 0 saturated carbocycles. The third-order valence-electron chi connectivity index (χ3n) is 6.76. The van der Waals surface area contributed by atoms with Gasteiger partial charge in [0.15, 0.2) is 0 Å². The van der Waals surface area contributed by atoms with Crippen LogP contribution in [0.5, 0.6) is 0 Å². The predicted molar refractivity (Wildman–Crippen MR) is 142 cm³/mol. The molecule has 1 unspecified atom stereocenters. The average Bonchev–Trinajstić information content (AvgIpc) is 3.07. The first-order chi connectivity index (χ1) is 17.4. The molecule has 2 aromatic rings. The third kappa shape index (κ3) is 6.29. The van der Waals surface area contributed by atoms with Gasteiger partial charge in [-0.2, -0.15) is 0 Å². The zero-order valence-electron chi connectivity index (χ0n) is 20.9. The molecule has 1 heterocycles. The van der Waals surface area contributed by atoms with Gasteiger partial charge in [0.2, 0.25) is 0 Å². The molecule has 0 spiro atoms. The van der Waals surface area contributed by atoms with Crippen LogP contribution in [0.2, 0.25) is 0 Å². The van der Waals surface area contributed by atoms with Crippen molar-refractivity contribution in [2.45, 2.75) is 20.5 Å². The Labute approximate surface area is 212 Å². The summed E-state index contributed by atoms with van der Waals surface area (Å²) in [5.74, 6) is 0.587. The molecule has 36 heavy (non-hydrogen) atoms. The number of nitrogens with zero attached hydrogens (tertiary/aromatic N) is 3. The van der Waals surface area contributed by atoms with Crippen LogP contribution in [0.1, 0.15) is 19.4 Å². The number of hydrogen-bond acceptors (Lipinski definition) is 6. The van der Waals surface area contributed by atoms with E-state index in [0.29, 0.717) is 24.8 Å². The zero-order chi connectivity index (χ0) is 25.5. The lowest BCUT2D eigenvalue weighted by atomic mass is 9.96. The number of rotatable bonds is 9. The molecule has 0 aromatic heterocycles. The number of nitro benzene ring substituents is 1. The summed E-state index contributed by atoms with van der Waals surface area (Å²) in [4.78, 5) is 27.5. The molecule has 2 aliphatic rings. The van der Waals surface area contributed by atoms with Gasteiger partial charge in [-0.3, -0.25) is 15.0 Å². The van der Waals surface area contributed by atoms with E-state index in [1.165, 1.54) is 0 Å². The summed E-state index contributed by atoms with van der Waals surface area (Å²) in [6, 6.07) is 16.7. The number of hydrogen-bond donors (Lipinski definition) is 0. The van der Waals surface area contributed by atoms with Crippen LogP contribution >= 0.6 is 0 Å². The second-order valence-electron chi connectivity index (χ2n) is 9.53. The Morgan fingerprint density at radius 1 is 1.03 bits per heavy atom. The minimum atomic E-state index is -0.422. The molecular weight excluding hydrogens is 454 g/mol. The van der Waals surface area contributed by atoms with E-state index in [1.807, 2.05) is 48.5 Å². The summed E-state index contributed by atoms with van der Waals surface area (Å²) in [7, 11) is 0. The van der Waals surface area contributed by atoms with Crippen LogP contribution in [0.15, 0.2) is 89.7 Å². The van der Waals surface area contributed by atoms with E-state index in [2.05, 4.69) is 35.8 Å². The first-order valence-corrected chi connectivity index (χ1v) is 12.4. The van der Waals surface area contributed by atoms with Gasteiger partial charge in [0, 0.05) is 50.5 Å². The maximum absolute atomic E-state index is 12.3. The lowest BCUT2D eigenvalue weighted by Gasteiger charge is -2.37. The van der Waals surface area contributed by atoms with Crippen molar-refractivity contribution < 1.29 is 14.5 Å². The molecule has 2 aromatic carbocycles. The normalized spacial score (nSPS) is 18.7. The average molecular weight is 488 g/mol. The van der Waals surface area contributed by atoms with E-state index >= 15 is 0 Å². The van der Waals surface area contributed by atoms with E-state index in [9.17, 15) is 14.9 Å². The summed E-state index contributed by atoms with van der Waals surface area (Å²) < 4.78 is 6.23. The van der Waals surface area contributed by atoms with E-state index in [-0.39, 0.29) is 10.6 Å². The molecule has 0 bridgehead atoms. The smallest absolute Gasteiger partial charge is 0.269 e. The first kappa shape index (κ1) is 25.4. The van der Waals surface area contributed by atoms with E-state index in [4.69, 9.17) is 4.74 Å². The second kappa shape index (κ2) is 11.8. The number of allylic oxidation sites excluding steroid dienone is 5. The van der Waals surface area contributed by atoms with Crippen LogP contribution in [-0.2, 0) is 16.1 Å². The predicted octanol–water partition coefficient (Wildman–Crippen LogP) is 5.16. The second-order valence-corrected chi connectivity index (χ2v) is 9.53. The summed E-state index contributed by atoms with van der Waals surface area (Å²) in [5, 5.41) is 10.9. The highest BCUT2D eigenvalue weighted by atomic mass is 16.6. The van der Waals surface area contributed by atoms with Gasteiger partial charge in [0.1, 0.15) is 18.7 Å². The van der Waals surface area contributed by atoms with Crippen molar-refractivity contribution in [3.8, 4) is 0 Å². The Morgan fingerprint density at radius 3 is 2.33 bits per heavy atom. The van der Waals surface area contributed by atoms with Gasteiger partial charge in [-0.15, -0.1) is 0 Å². The van der Waals surface area contributed by atoms with Gasteiger partial charge in [-0.05, 0) is 40.8 Å². The Morgan fingerprint density at radius 2 is 1.72 bits per heavy atom. The van der Waals surface area contributed by atoms with Gasteiger partial charge < -0.3 is 14.4 Å². The fraction of sp³-hybridized carbons (Fsp3) is 0.345. The molecule has 4 rings (SSSR count). The lowest BCUT2D eigenvalue weighted by Crippen LogP contribution is -2.47. The Bertz CT molecular complexity index is 1140. The number of non-ortho nitro benzene ring substituents is 1. The number of anilines is 1. The molecule has 1 aliphatic heterocycles. The number of nitro groups is 1. The fourth-order valence-corrected chi connectivity index (χ4v) is 4.54. The van der Waals surface area contributed by atoms with Crippen molar-refractivity contribution in [3.63, 3.8) is 0 Å². The Hall–Kier alpha value is -3.71. The highest BCUT2D eigenvalue weighted by Crippen LogP contribution is 2.29. The largest absolute Gasteiger partial charge is 0.492 e. The molecule has 1 saturated heterocycles. The van der Waals surface area contributed by atoms with Gasteiger partial charge >= 0.3 is 0 Å². The molecule has 188 valence electrons. The maximum atomic E-state index is 12.3. The van der Waals surface area contributed by atoms with Crippen LogP contribution < -0.4 is 4.90 Å². The minimum absolute atomic E-state index is 0.102. The molecule has 1 fully saturated rings. The van der Waals surface area contributed by atoms with Gasteiger partial charge in [0.25, 0.3) is 5.69 Å². The monoisotopic (exact) mass is 487 g/mol. The molecular formula is C29H33N3O4. The van der Waals surface area contributed by atoms with Gasteiger partial charge in [-0.25, -0.2) is 0 Å².